The Balaban J connectivity index is 1.68. The molecule has 2 aliphatic rings. The summed E-state index contributed by atoms with van der Waals surface area (Å²) in [7, 11) is 0. The second-order valence-corrected chi connectivity index (χ2v) is 5.45. The summed E-state index contributed by atoms with van der Waals surface area (Å²) in [6.07, 6.45) is 4.30. The summed E-state index contributed by atoms with van der Waals surface area (Å²) in [4.78, 5) is 19.7. The summed E-state index contributed by atoms with van der Waals surface area (Å²) in [5.74, 6) is -0.000588. The first-order valence-electron chi connectivity index (χ1n) is 6.44. The molecule has 1 amide bonds. The van der Waals surface area contributed by atoms with E-state index in [4.69, 9.17) is 16.4 Å². The van der Waals surface area contributed by atoms with Crippen molar-refractivity contribution in [3.8, 4) is 0 Å². The number of nitrogens with zero attached hydrogens (tertiary/aromatic N) is 2. The SMILES string of the molecule is O=C(c1ccccc1Cl)N1CCC2(CC=NO2)CC1. The van der Waals surface area contributed by atoms with Gasteiger partial charge in [-0.3, -0.25) is 4.79 Å². The molecule has 1 fully saturated rings. The van der Waals surface area contributed by atoms with Crippen molar-refractivity contribution in [2.75, 3.05) is 13.1 Å². The number of oxime groups is 1. The monoisotopic (exact) mass is 278 g/mol. The number of carbonyl (C=O) groups excluding carboxylic acids is 1. The summed E-state index contributed by atoms with van der Waals surface area (Å²) < 4.78 is 0. The van der Waals surface area contributed by atoms with E-state index in [9.17, 15) is 4.79 Å². The predicted octanol–water partition coefficient (Wildman–Crippen LogP) is 2.72. The van der Waals surface area contributed by atoms with Crippen LogP contribution in [-0.2, 0) is 4.84 Å². The van der Waals surface area contributed by atoms with Crippen molar-refractivity contribution in [2.45, 2.75) is 24.9 Å². The van der Waals surface area contributed by atoms with Crippen LogP contribution in [0.2, 0.25) is 5.02 Å². The van der Waals surface area contributed by atoms with Gasteiger partial charge in [0, 0.05) is 38.6 Å². The molecule has 0 unspecified atom stereocenters. The molecular formula is C14H15ClN2O2. The number of likely N-dealkylation sites (tertiary alicyclic amines) is 1. The number of benzene rings is 1. The van der Waals surface area contributed by atoms with E-state index in [1.54, 1.807) is 12.1 Å². The zero-order chi connectivity index (χ0) is 13.3. The minimum absolute atomic E-state index is 0.000588. The van der Waals surface area contributed by atoms with Crippen LogP contribution in [0.5, 0.6) is 0 Å². The van der Waals surface area contributed by atoms with Crippen LogP contribution in [0.15, 0.2) is 29.4 Å². The molecule has 2 heterocycles. The van der Waals surface area contributed by atoms with Crippen LogP contribution in [0.4, 0.5) is 0 Å². The smallest absolute Gasteiger partial charge is 0.255 e. The third kappa shape index (κ3) is 2.32. The van der Waals surface area contributed by atoms with Crippen LogP contribution >= 0.6 is 11.6 Å². The fourth-order valence-corrected chi connectivity index (χ4v) is 2.82. The van der Waals surface area contributed by atoms with Gasteiger partial charge in [0.1, 0.15) is 5.60 Å². The van der Waals surface area contributed by atoms with Gasteiger partial charge in [-0.1, -0.05) is 28.9 Å². The van der Waals surface area contributed by atoms with Crippen molar-refractivity contribution in [3.05, 3.63) is 34.9 Å². The maximum absolute atomic E-state index is 12.4. The minimum atomic E-state index is -0.169. The molecule has 1 aromatic rings. The van der Waals surface area contributed by atoms with Crippen molar-refractivity contribution >= 4 is 23.7 Å². The summed E-state index contributed by atoms with van der Waals surface area (Å²) in [6.45, 7) is 1.38. The second kappa shape index (κ2) is 4.85. The second-order valence-electron chi connectivity index (χ2n) is 5.04. The molecule has 0 saturated carbocycles. The van der Waals surface area contributed by atoms with Crippen LogP contribution in [0.25, 0.3) is 0 Å². The van der Waals surface area contributed by atoms with Crippen LogP contribution < -0.4 is 0 Å². The van der Waals surface area contributed by atoms with Crippen molar-refractivity contribution in [3.63, 3.8) is 0 Å². The Bertz CT molecular complexity index is 512. The highest BCUT2D eigenvalue weighted by Crippen LogP contribution is 2.33. The van der Waals surface area contributed by atoms with Crippen LogP contribution in [0.1, 0.15) is 29.6 Å². The normalized spacial score (nSPS) is 20.6. The van der Waals surface area contributed by atoms with Gasteiger partial charge in [-0.2, -0.15) is 0 Å². The number of carbonyl (C=O) groups is 1. The van der Waals surface area contributed by atoms with Gasteiger partial charge in [0.15, 0.2) is 0 Å². The Morgan fingerprint density at radius 3 is 2.68 bits per heavy atom. The largest absolute Gasteiger partial charge is 0.389 e. The molecule has 3 rings (SSSR count). The fourth-order valence-electron chi connectivity index (χ4n) is 2.61. The Morgan fingerprint density at radius 2 is 2.05 bits per heavy atom. The molecule has 0 aromatic heterocycles. The van der Waals surface area contributed by atoms with Gasteiger partial charge < -0.3 is 9.74 Å². The van der Waals surface area contributed by atoms with E-state index in [1.165, 1.54) is 0 Å². The van der Waals surface area contributed by atoms with Gasteiger partial charge in [0.05, 0.1) is 10.6 Å². The van der Waals surface area contributed by atoms with E-state index < -0.39 is 0 Å². The molecule has 2 aliphatic heterocycles. The number of hydrogen-bond acceptors (Lipinski definition) is 3. The van der Waals surface area contributed by atoms with Gasteiger partial charge >= 0.3 is 0 Å². The number of rotatable bonds is 1. The van der Waals surface area contributed by atoms with Crippen LogP contribution in [0, 0.1) is 0 Å². The Labute approximate surface area is 117 Å². The Morgan fingerprint density at radius 1 is 1.32 bits per heavy atom. The summed E-state index contributed by atoms with van der Waals surface area (Å²) in [5.41, 5.74) is 0.403. The predicted molar refractivity (Wildman–Crippen MR) is 73.5 cm³/mol. The number of amides is 1. The fraction of sp³-hybridized carbons (Fsp3) is 0.429. The molecule has 0 N–H and O–H groups in total. The first-order valence-corrected chi connectivity index (χ1v) is 6.82. The lowest BCUT2D eigenvalue weighted by atomic mass is 9.89. The average Bonchev–Trinajstić information content (AvgIpc) is 2.88. The quantitative estimate of drug-likeness (QED) is 0.793. The average molecular weight is 279 g/mol. The zero-order valence-corrected chi connectivity index (χ0v) is 11.3. The lowest BCUT2D eigenvalue weighted by Crippen LogP contribution is -2.46. The van der Waals surface area contributed by atoms with Gasteiger partial charge in [0.25, 0.3) is 5.91 Å². The molecular weight excluding hydrogens is 264 g/mol. The van der Waals surface area contributed by atoms with Gasteiger partial charge in [-0.25, -0.2) is 0 Å². The zero-order valence-electron chi connectivity index (χ0n) is 10.5. The maximum atomic E-state index is 12.4. The van der Waals surface area contributed by atoms with E-state index in [1.807, 2.05) is 23.2 Å². The van der Waals surface area contributed by atoms with E-state index in [0.29, 0.717) is 23.7 Å². The van der Waals surface area contributed by atoms with Gasteiger partial charge in [-0.15, -0.1) is 0 Å². The summed E-state index contributed by atoms with van der Waals surface area (Å²) in [5, 5.41) is 4.36. The molecule has 5 heteroatoms. The van der Waals surface area contributed by atoms with Crippen molar-refractivity contribution in [1.82, 2.24) is 4.90 Å². The standard InChI is InChI=1S/C14H15ClN2O2/c15-12-4-2-1-3-11(12)13(18)17-9-6-14(7-10-17)5-8-16-19-14/h1-4,8H,5-7,9-10H2. The third-order valence-corrected chi connectivity index (χ3v) is 4.18. The summed E-state index contributed by atoms with van der Waals surface area (Å²) in [6, 6.07) is 7.17. The first-order chi connectivity index (χ1) is 9.20. The van der Waals surface area contributed by atoms with Crippen molar-refractivity contribution in [2.24, 2.45) is 5.16 Å². The highest BCUT2D eigenvalue weighted by Gasteiger charge is 2.40. The molecule has 1 saturated heterocycles. The molecule has 1 spiro atoms. The lowest BCUT2D eigenvalue weighted by Gasteiger charge is -2.37. The molecule has 100 valence electrons. The number of piperidine rings is 1. The van der Waals surface area contributed by atoms with Gasteiger partial charge in [0.2, 0.25) is 0 Å². The third-order valence-electron chi connectivity index (χ3n) is 3.85. The van der Waals surface area contributed by atoms with E-state index in [-0.39, 0.29) is 11.5 Å². The molecule has 0 aliphatic carbocycles. The highest BCUT2D eigenvalue weighted by molar-refractivity contribution is 6.33. The van der Waals surface area contributed by atoms with Crippen molar-refractivity contribution in [1.29, 1.82) is 0 Å². The first kappa shape index (κ1) is 12.5. The molecule has 19 heavy (non-hydrogen) atoms. The van der Waals surface area contributed by atoms with Crippen LogP contribution in [-0.4, -0.2) is 35.7 Å². The van der Waals surface area contributed by atoms with E-state index >= 15 is 0 Å². The number of halogens is 1. The molecule has 0 atom stereocenters. The molecule has 4 nitrogen and oxygen atoms in total. The molecule has 0 radical (unpaired) electrons. The minimum Gasteiger partial charge on any atom is -0.389 e. The maximum Gasteiger partial charge on any atom is 0.255 e. The van der Waals surface area contributed by atoms with E-state index in [0.717, 1.165) is 19.3 Å². The topological polar surface area (TPSA) is 41.9 Å². The lowest BCUT2D eigenvalue weighted by molar-refractivity contribution is -0.0568. The van der Waals surface area contributed by atoms with E-state index in [2.05, 4.69) is 5.16 Å². The van der Waals surface area contributed by atoms with Crippen molar-refractivity contribution < 1.29 is 9.63 Å². The van der Waals surface area contributed by atoms with Gasteiger partial charge in [-0.05, 0) is 12.1 Å². The number of hydrogen-bond donors (Lipinski definition) is 0. The highest BCUT2D eigenvalue weighted by atomic mass is 35.5. The molecule has 1 aromatic carbocycles. The molecule has 0 bridgehead atoms. The Hall–Kier alpha value is -1.55. The summed E-state index contributed by atoms with van der Waals surface area (Å²) >= 11 is 6.07. The van der Waals surface area contributed by atoms with Crippen LogP contribution in [0.3, 0.4) is 0 Å². The Kier molecular flexibility index (Phi) is 3.19.